The predicted molar refractivity (Wildman–Crippen MR) is 121 cm³/mol. The van der Waals surface area contributed by atoms with Crippen LogP contribution in [0.5, 0.6) is 0 Å². The number of benzene rings is 1. The van der Waals surface area contributed by atoms with Crippen LogP contribution in [-0.2, 0) is 17.6 Å². The van der Waals surface area contributed by atoms with E-state index in [4.69, 9.17) is 4.52 Å². The van der Waals surface area contributed by atoms with Crippen molar-refractivity contribution < 1.29 is 9.32 Å². The molecule has 0 spiro atoms. The molecule has 0 aliphatic carbocycles. The van der Waals surface area contributed by atoms with Gasteiger partial charge in [-0.25, -0.2) is 4.98 Å². The highest BCUT2D eigenvalue weighted by Crippen LogP contribution is 2.26. The minimum Gasteiger partial charge on any atom is -0.339 e. The molecule has 0 aliphatic rings. The molecule has 3 heterocycles. The highest BCUT2D eigenvalue weighted by atomic mass is 32.1. The first-order valence-electron chi connectivity index (χ1n) is 9.91. The molecule has 0 aliphatic heterocycles. The zero-order valence-corrected chi connectivity index (χ0v) is 18.3. The van der Waals surface area contributed by atoms with Crippen LogP contribution in [0.15, 0.2) is 51.0 Å². The van der Waals surface area contributed by atoms with Gasteiger partial charge in [-0.05, 0) is 29.9 Å². The molecule has 8 heteroatoms. The van der Waals surface area contributed by atoms with Crippen molar-refractivity contribution in [2.75, 3.05) is 5.32 Å². The monoisotopic (exact) mass is 438 g/mol. The maximum absolute atomic E-state index is 12.3. The second kappa shape index (κ2) is 9.77. The number of hydrogen-bond acceptors (Lipinski definition) is 7. The molecule has 1 N–H and O–H groups in total. The van der Waals surface area contributed by atoms with Gasteiger partial charge in [0.15, 0.2) is 5.13 Å². The highest BCUT2D eigenvalue weighted by molar-refractivity contribution is 7.14. The lowest BCUT2D eigenvalue weighted by Crippen LogP contribution is -2.12. The van der Waals surface area contributed by atoms with Crippen molar-refractivity contribution >= 4 is 33.7 Å². The summed E-state index contributed by atoms with van der Waals surface area (Å²) in [5, 5.41) is 13.3. The topological polar surface area (TPSA) is 80.9 Å². The number of aryl methyl sites for hydroxylation is 2. The fourth-order valence-electron chi connectivity index (χ4n) is 2.95. The smallest absolute Gasteiger partial charge is 0.227 e. The Morgan fingerprint density at radius 3 is 2.70 bits per heavy atom. The number of unbranched alkanes of at least 4 members (excludes halogenated alkanes) is 1. The van der Waals surface area contributed by atoms with Crippen molar-refractivity contribution in [3.05, 3.63) is 57.9 Å². The van der Waals surface area contributed by atoms with Gasteiger partial charge >= 0.3 is 0 Å². The summed E-state index contributed by atoms with van der Waals surface area (Å²) < 4.78 is 5.24. The summed E-state index contributed by atoms with van der Waals surface area (Å²) in [5.74, 6) is 0.882. The fraction of sp³-hybridized carbons (Fsp3) is 0.273. The summed E-state index contributed by atoms with van der Waals surface area (Å²) in [6.45, 7) is 2.20. The quantitative estimate of drug-likeness (QED) is 0.355. The van der Waals surface area contributed by atoms with Crippen molar-refractivity contribution in [1.82, 2.24) is 15.1 Å². The van der Waals surface area contributed by atoms with Crippen molar-refractivity contribution in [1.29, 1.82) is 0 Å². The third-order valence-corrected chi connectivity index (χ3v) is 6.07. The Morgan fingerprint density at radius 2 is 1.93 bits per heavy atom. The molecule has 0 saturated carbocycles. The molecular weight excluding hydrogens is 416 g/mol. The summed E-state index contributed by atoms with van der Waals surface area (Å²) in [6, 6.07) is 10.4. The Hall–Kier alpha value is -2.84. The molecule has 0 saturated heterocycles. The molecule has 0 unspecified atom stereocenters. The van der Waals surface area contributed by atoms with E-state index < -0.39 is 0 Å². The van der Waals surface area contributed by atoms with Gasteiger partial charge in [0.25, 0.3) is 0 Å². The summed E-state index contributed by atoms with van der Waals surface area (Å²) in [5.41, 5.74) is 4.19. The molecule has 30 heavy (non-hydrogen) atoms. The number of thiazole rings is 1. The van der Waals surface area contributed by atoms with E-state index in [9.17, 15) is 4.79 Å². The zero-order valence-electron chi connectivity index (χ0n) is 16.6. The van der Waals surface area contributed by atoms with Crippen LogP contribution in [0.3, 0.4) is 0 Å². The van der Waals surface area contributed by atoms with Gasteiger partial charge in [0.05, 0.1) is 5.69 Å². The number of amides is 1. The number of carbonyl (C=O) groups excluding carboxylic acids is 1. The van der Waals surface area contributed by atoms with E-state index in [2.05, 4.69) is 51.6 Å². The summed E-state index contributed by atoms with van der Waals surface area (Å²) in [7, 11) is 0. The zero-order chi connectivity index (χ0) is 20.8. The summed E-state index contributed by atoms with van der Waals surface area (Å²) in [4.78, 5) is 21.2. The van der Waals surface area contributed by atoms with Gasteiger partial charge in [-0.2, -0.15) is 16.3 Å². The van der Waals surface area contributed by atoms with Crippen LogP contribution in [0.2, 0.25) is 0 Å². The Morgan fingerprint density at radius 1 is 1.07 bits per heavy atom. The van der Waals surface area contributed by atoms with Gasteiger partial charge in [-0.15, -0.1) is 11.3 Å². The van der Waals surface area contributed by atoms with Crippen LogP contribution in [0, 0.1) is 0 Å². The number of aromatic nitrogens is 3. The van der Waals surface area contributed by atoms with E-state index in [1.807, 2.05) is 22.2 Å². The van der Waals surface area contributed by atoms with E-state index in [1.165, 1.54) is 29.7 Å². The Bertz CT molecular complexity index is 1080. The molecular formula is C22H22N4O2S2. The first kappa shape index (κ1) is 20.4. The largest absolute Gasteiger partial charge is 0.339 e. The number of carbonyl (C=O) groups is 1. The third-order valence-electron chi connectivity index (χ3n) is 4.63. The van der Waals surface area contributed by atoms with Crippen molar-refractivity contribution in [3.8, 4) is 22.6 Å². The normalized spacial score (nSPS) is 11.0. The lowest BCUT2D eigenvalue weighted by Gasteiger charge is -2.02. The van der Waals surface area contributed by atoms with E-state index in [-0.39, 0.29) is 12.3 Å². The summed E-state index contributed by atoms with van der Waals surface area (Å²) >= 11 is 3.00. The molecule has 0 atom stereocenters. The molecule has 0 fully saturated rings. The van der Waals surface area contributed by atoms with Gasteiger partial charge in [0.2, 0.25) is 17.6 Å². The van der Waals surface area contributed by atoms with E-state index in [0.717, 1.165) is 23.2 Å². The Labute approximate surface area is 183 Å². The van der Waals surface area contributed by atoms with Crippen LogP contribution in [0.4, 0.5) is 5.13 Å². The molecule has 1 aromatic carbocycles. The fourth-order valence-corrected chi connectivity index (χ4v) is 4.32. The average Bonchev–Trinajstić information content (AvgIpc) is 3.52. The van der Waals surface area contributed by atoms with Crippen molar-refractivity contribution in [2.24, 2.45) is 0 Å². The molecule has 3 aromatic heterocycles. The molecule has 0 radical (unpaired) electrons. The number of rotatable bonds is 9. The van der Waals surface area contributed by atoms with E-state index in [0.29, 0.717) is 23.3 Å². The lowest BCUT2D eigenvalue weighted by atomic mass is 10.1. The maximum Gasteiger partial charge on any atom is 0.227 e. The van der Waals surface area contributed by atoms with Crippen LogP contribution in [-0.4, -0.2) is 21.0 Å². The molecule has 6 nitrogen and oxygen atoms in total. The first-order valence-corrected chi connectivity index (χ1v) is 11.7. The predicted octanol–water partition coefficient (Wildman–Crippen LogP) is 5.84. The molecule has 0 bridgehead atoms. The minimum absolute atomic E-state index is 0.124. The van der Waals surface area contributed by atoms with Crippen LogP contribution in [0.1, 0.15) is 37.6 Å². The molecule has 4 aromatic rings. The van der Waals surface area contributed by atoms with Crippen molar-refractivity contribution in [3.63, 3.8) is 0 Å². The number of anilines is 1. The third kappa shape index (κ3) is 5.20. The Kier molecular flexibility index (Phi) is 6.66. The van der Waals surface area contributed by atoms with Crippen LogP contribution >= 0.6 is 22.7 Å². The Balaban J connectivity index is 1.29. The minimum atomic E-state index is -0.124. The maximum atomic E-state index is 12.3. The lowest BCUT2D eigenvalue weighted by molar-refractivity contribution is -0.116. The second-order valence-corrected chi connectivity index (χ2v) is 8.55. The van der Waals surface area contributed by atoms with Crippen LogP contribution in [0.25, 0.3) is 22.6 Å². The van der Waals surface area contributed by atoms with Gasteiger partial charge in [-0.1, -0.05) is 42.8 Å². The van der Waals surface area contributed by atoms with Crippen molar-refractivity contribution in [2.45, 2.75) is 39.0 Å². The van der Waals surface area contributed by atoms with Gasteiger partial charge in [0.1, 0.15) is 0 Å². The number of nitrogens with one attached hydrogen (secondary N) is 1. The first-order chi connectivity index (χ1) is 14.7. The average molecular weight is 439 g/mol. The standard InChI is InChI=1S/C22H22N4O2S2/c1-2-3-4-15-5-7-16(8-6-15)18-14-30-22(23-18)24-19(27)9-10-20-25-21(26-28-20)17-11-12-29-13-17/h5-8,11-14H,2-4,9-10H2,1H3,(H,23,24,27). The number of nitrogens with zero attached hydrogens (tertiary/aromatic N) is 3. The molecule has 4 rings (SSSR count). The number of hydrogen-bond donors (Lipinski definition) is 1. The van der Waals surface area contributed by atoms with Gasteiger partial charge in [0, 0.05) is 34.7 Å². The van der Waals surface area contributed by atoms with Crippen LogP contribution < -0.4 is 5.32 Å². The SMILES string of the molecule is CCCCc1ccc(-c2csc(NC(=O)CCc3nc(-c4ccsc4)no3)n2)cc1. The van der Waals surface area contributed by atoms with Gasteiger partial charge in [-0.3, -0.25) is 4.79 Å². The second-order valence-electron chi connectivity index (χ2n) is 6.91. The summed E-state index contributed by atoms with van der Waals surface area (Å²) in [6.07, 6.45) is 4.14. The molecule has 154 valence electrons. The molecule has 1 amide bonds. The van der Waals surface area contributed by atoms with Gasteiger partial charge < -0.3 is 9.84 Å². The highest BCUT2D eigenvalue weighted by Gasteiger charge is 2.12. The van der Waals surface area contributed by atoms with E-state index in [1.54, 1.807) is 11.3 Å². The number of thiophene rings is 1. The van der Waals surface area contributed by atoms with E-state index >= 15 is 0 Å².